The maximum atomic E-state index is 12.4. The Hall–Kier alpha value is -4.46. The average Bonchev–Trinajstić information content (AvgIpc) is 3.18. The van der Waals surface area contributed by atoms with Crippen LogP contribution in [0.1, 0.15) is 27.8 Å². The van der Waals surface area contributed by atoms with E-state index in [1.807, 2.05) is 31.2 Å². The highest BCUT2D eigenvalue weighted by atomic mass is 16.6. The van der Waals surface area contributed by atoms with E-state index in [0.717, 1.165) is 5.56 Å². The number of carbonyl (C=O) groups excluding carboxylic acids is 1. The average molecular weight is 458 g/mol. The Morgan fingerprint density at radius 1 is 1.06 bits per heavy atom. The number of rotatable bonds is 7. The maximum Gasteiger partial charge on any atom is 0.363 e. The molecule has 1 aliphatic rings. The molecule has 1 aliphatic heterocycles. The van der Waals surface area contributed by atoms with Crippen molar-refractivity contribution < 1.29 is 23.9 Å². The summed E-state index contributed by atoms with van der Waals surface area (Å²) in [5, 5.41) is 11.2. The number of benzene rings is 3. The van der Waals surface area contributed by atoms with Gasteiger partial charge in [0.2, 0.25) is 5.90 Å². The highest BCUT2D eigenvalue weighted by Gasteiger charge is 2.27. The number of nitrogens with zero attached hydrogens (tertiary/aromatic N) is 2. The molecule has 34 heavy (non-hydrogen) atoms. The molecule has 0 saturated heterocycles. The number of esters is 1. The van der Waals surface area contributed by atoms with E-state index >= 15 is 0 Å². The lowest BCUT2D eigenvalue weighted by Crippen LogP contribution is -2.08. The molecular weight excluding hydrogens is 436 g/mol. The fourth-order valence-corrected chi connectivity index (χ4v) is 3.47. The van der Waals surface area contributed by atoms with Crippen LogP contribution < -0.4 is 9.47 Å². The van der Waals surface area contributed by atoms with E-state index in [0.29, 0.717) is 34.8 Å². The van der Waals surface area contributed by atoms with Crippen LogP contribution >= 0.6 is 0 Å². The summed E-state index contributed by atoms with van der Waals surface area (Å²) in [5.41, 5.74) is 3.64. The smallest absolute Gasteiger partial charge is 0.363 e. The van der Waals surface area contributed by atoms with Gasteiger partial charge in [-0.05, 0) is 49.2 Å². The predicted octanol–water partition coefficient (Wildman–Crippen LogP) is 5.14. The summed E-state index contributed by atoms with van der Waals surface area (Å²) in [5.74, 6) is 0.462. The van der Waals surface area contributed by atoms with Gasteiger partial charge in [-0.25, -0.2) is 9.79 Å². The molecule has 0 spiro atoms. The van der Waals surface area contributed by atoms with Crippen molar-refractivity contribution in [1.29, 1.82) is 0 Å². The van der Waals surface area contributed by atoms with Gasteiger partial charge in [-0.15, -0.1) is 0 Å². The first kappa shape index (κ1) is 22.7. The van der Waals surface area contributed by atoms with E-state index in [-0.39, 0.29) is 17.3 Å². The standard InChI is InChI=1S/C26H22N2O6/c1-16-7-9-18(10-8-16)15-33-23-12-11-19(14-24(23)32-3)13-21-26(29)34-25(27-21)20-5-4-6-22(17(20)2)28(30)31/h4-14H,15H2,1-3H3/b21-13-. The van der Waals surface area contributed by atoms with Gasteiger partial charge in [0.15, 0.2) is 17.2 Å². The van der Waals surface area contributed by atoms with Gasteiger partial charge in [0.25, 0.3) is 5.69 Å². The van der Waals surface area contributed by atoms with Crippen molar-refractivity contribution in [3.63, 3.8) is 0 Å². The molecule has 0 atom stereocenters. The normalized spacial score (nSPS) is 14.0. The van der Waals surface area contributed by atoms with Crippen molar-refractivity contribution in [2.75, 3.05) is 7.11 Å². The van der Waals surface area contributed by atoms with Gasteiger partial charge in [-0.3, -0.25) is 10.1 Å². The monoisotopic (exact) mass is 458 g/mol. The van der Waals surface area contributed by atoms with Crippen LogP contribution in [0.4, 0.5) is 5.69 Å². The first-order chi connectivity index (χ1) is 16.4. The molecule has 0 radical (unpaired) electrons. The molecule has 0 aliphatic carbocycles. The van der Waals surface area contributed by atoms with E-state index in [9.17, 15) is 14.9 Å². The number of hydrogen-bond donors (Lipinski definition) is 0. The fraction of sp³-hybridized carbons (Fsp3) is 0.154. The van der Waals surface area contributed by atoms with Crippen LogP contribution in [0.25, 0.3) is 6.08 Å². The molecule has 0 N–H and O–H groups in total. The van der Waals surface area contributed by atoms with Gasteiger partial charge < -0.3 is 14.2 Å². The lowest BCUT2D eigenvalue weighted by Gasteiger charge is -2.11. The Morgan fingerprint density at radius 2 is 1.82 bits per heavy atom. The van der Waals surface area contributed by atoms with Gasteiger partial charge in [0, 0.05) is 17.2 Å². The van der Waals surface area contributed by atoms with Crippen LogP contribution in [-0.2, 0) is 16.1 Å². The molecule has 0 amide bonds. The second-order valence-electron chi connectivity index (χ2n) is 7.73. The number of aliphatic imine (C=N–C) groups is 1. The Bertz CT molecular complexity index is 1330. The van der Waals surface area contributed by atoms with Gasteiger partial charge in [0.05, 0.1) is 12.0 Å². The van der Waals surface area contributed by atoms with Crippen molar-refractivity contribution in [1.82, 2.24) is 0 Å². The number of nitro benzene ring substituents is 1. The SMILES string of the molecule is COc1cc(/C=C2\N=C(c3cccc([N+](=O)[O-])c3C)OC2=O)ccc1OCc1ccc(C)cc1. The maximum absolute atomic E-state index is 12.4. The highest BCUT2D eigenvalue weighted by molar-refractivity contribution is 6.13. The van der Waals surface area contributed by atoms with E-state index in [4.69, 9.17) is 14.2 Å². The van der Waals surface area contributed by atoms with Gasteiger partial charge >= 0.3 is 5.97 Å². The third-order valence-corrected chi connectivity index (χ3v) is 5.36. The second kappa shape index (κ2) is 9.58. The quantitative estimate of drug-likeness (QED) is 0.210. The highest BCUT2D eigenvalue weighted by Crippen LogP contribution is 2.31. The molecule has 3 aromatic carbocycles. The summed E-state index contributed by atoms with van der Waals surface area (Å²) < 4.78 is 16.6. The fourth-order valence-electron chi connectivity index (χ4n) is 3.47. The molecule has 4 rings (SSSR count). The molecule has 3 aromatic rings. The van der Waals surface area contributed by atoms with Gasteiger partial charge in [0.1, 0.15) is 6.61 Å². The zero-order valence-electron chi connectivity index (χ0n) is 18.9. The van der Waals surface area contributed by atoms with Crippen molar-refractivity contribution in [3.05, 3.63) is 104 Å². The number of ether oxygens (including phenoxy) is 3. The van der Waals surface area contributed by atoms with Crippen LogP contribution in [-0.4, -0.2) is 23.9 Å². The van der Waals surface area contributed by atoms with Crippen LogP contribution in [0.5, 0.6) is 11.5 Å². The minimum absolute atomic E-state index is 0.0301. The summed E-state index contributed by atoms with van der Waals surface area (Å²) in [6, 6.07) is 17.9. The lowest BCUT2D eigenvalue weighted by molar-refractivity contribution is -0.385. The Kier molecular flexibility index (Phi) is 6.40. The van der Waals surface area contributed by atoms with Crippen LogP contribution in [0.3, 0.4) is 0 Å². The molecule has 0 bridgehead atoms. The first-order valence-corrected chi connectivity index (χ1v) is 10.5. The first-order valence-electron chi connectivity index (χ1n) is 10.5. The summed E-state index contributed by atoms with van der Waals surface area (Å²) in [7, 11) is 1.54. The summed E-state index contributed by atoms with van der Waals surface area (Å²) >= 11 is 0. The molecule has 8 nitrogen and oxygen atoms in total. The number of carbonyl (C=O) groups is 1. The number of methoxy groups -OCH3 is 1. The molecule has 172 valence electrons. The van der Waals surface area contributed by atoms with Gasteiger partial charge in [-0.1, -0.05) is 42.0 Å². The van der Waals surface area contributed by atoms with E-state index in [1.165, 1.54) is 24.8 Å². The van der Waals surface area contributed by atoms with Crippen molar-refractivity contribution in [2.24, 2.45) is 4.99 Å². The molecule has 1 heterocycles. The Balaban J connectivity index is 1.57. The zero-order valence-corrected chi connectivity index (χ0v) is 18.9. The molecule has 0 unspecified atom stereocenters. The predicted molar refractivity (Wildman–Crippen MR) is 127 cm³/mol. The Morgan fingerprint density at radius 3 is 2.53 bits per heavy atom. The third-order valence-electron chi connectivity index (χ3n) is 5.36. The number of nitro groups is 1. The number of aryl methyl sites for hydroxylation is 1. The Labute approximate surface area is 196 Å². The summed E-state index contributed by atoms with van der Waals surface area (Å²) in [4.78, 5) is 27.4. The summed E-state index contributed by atoms with van der Waals surface area (Å²) in [6.07, 6.45) is 1.56. The van der Waals surface area contributed by atoms with Crippen molar-refractivity contribution >= 4 is 23.6 Å². The van der Waals surface area contributed by atoms with E-state index < -0.39 is 10.9 Å². The zero-order chi connectivity index (χ0) is 24.2. The molecular formula is C26H22N2O6. The lowest BCUT2D eigenvalue weighted by atomic mass is 10.1. The number of cyclic esters (lactones) is 1. The number of hydrogen-bond acceptors (Lipinski definition) is 7. The van der Waals surface area contributed by atoms with E-state index in [2.05, 4.69) is 4.99 Å². The topological polar surface area (TPSA) is 100 Å². The van der Waals surface area contributed by atoms with Crippen molar-refractivity contribution in [3.8, 4) is 11.5 Å². The van der Waals surface area contributed by atoms with Gasteiger partial charge in [-0.2, -0.15) is 0 Å². The van der Waals surface area contributed by atoms with Crippen LogP contribution in [0.2, 0.25) is 0 Å². The molecule has 0 fully saturated rings. The van der Waals surface area contributed by atoms with Crippen LogP contribution in [0.15, 0.2) is 71.4 Å². The molecule has 0 aromatic heterocycles. The van der Waals surface area contributed by atoms with Crippen molar-refractivity contribution in [2.45, 2.75) is 20.5 Å². The largest absolute Gasteiger partial charge is 0.493 e. The summed E-state index contributed by atoms with van der Waals surface area (Å²) in [6.45, 7) is 4.00. The van der Waals surface area contributed by atoms with E-state index in [1.54, 1.807) is 37.3 Å². The minimum atomic E-state index is -0.639. The third kappa shape index (κ3) is 4.80. The van der Waals surface area contributed by atoms with Crippen LogP contribution in [0, 0.1) is 24.0 Å². The second-order valence-corrected chi connectivity index (χ2v) is 7.73. The minimum Gasteiger partial charge on any atom is -0.493 e. The molecule has 0 saturated carbocycles. The molecule has 8 heteroatoms.